The van der Waals surface area contributed by atoms with Gasteiger partial charge in [0.05, 0.1) is 10.6 Å². The predicted octanol–water partition coefficient (Wildman–Crippen LogP) is 4.96. The molecule has 2 N–H and O–H groups in total. The molecule has 0 spiro atoms. The molecule has 2 aromatic heterocycles. The molecule has 4 aromatic rings. The Hall–Kier alpha value is -3.45. The highest BCUT2D eigenvalue weighted by molar-refractivity contribution is 7.13. The third kappa shape index (κ3) is 3.19. The minimum Gasteiger partial charge on any atom is -0.454 e. The number of hydrogen-bond donors (Lipinski definition) is 2. The average molecular weight is 405 g/mol. The standard InChI is InChI=1S/C22H19N3O3S/c1-25-17-6-3-2-5-15(17)16(21(25)20-7-4-10-29-20)12-23-22(26)24-14-8-9-18-19(11-14)28-13-27-18/h2-11H,12-13H2,1H3,(H2,23,24,26). The van der Waals surface area contributed by atoms with Crippen molar-refractivity contribution in [2.75, 3.05) is 12.1 Å². The van der Waals surface area contributed by atoms with E-state index < -0.39 is 0 Å². The second kappa shape index (κ2) is 7.18. The molecular weight excluding hydrogens is 386 g/mol. The summed E-state index contributed by atoms with van der Waals surface area (Å²) in [5.41, 5.74) is 4.03. The fourth-order valence-electron chi connectivity index (χ4n) is 3.70. The molecule has 146 valence electrons. The Morgan fingerprint density at radius 3 is 2.83 bits per heavy atom. The summed E-state index contributed by atoms with van der Waals surface area (Å²) in [6.07, 6.45) is 0. The molecule has 29 heavy (non-hydrogen) atoms. The number of anilines is 1. The molecule has 1 aliphatic rings. The monoisotopic (exact) mass is 405 g/mol. The van der Waals surface area contributed by atoms with E-state index in [1.807, 2.05) is 18.2 Å². The SMILES string of the molecule is Cn1c(-c2cccs2)c(CNC(=O)Nc2ccc3c(c2)OCO3)c2ccccc21. The molecule has 7 heteroatoms. The number of fused-ring (bicyclic) bond motifs is 2. The molecule has 0 fully saturated rings. The number of aromatic nitrogens is 1. The molecule has 5 rings (SSSR count). The van der Waals surface area contributed by atoms with Gasteiger partial charge in [-0.3, -0.25) is 0 Å². The number of carbonyl (C=O) groups is 1. The van der Waals surface area contributed by atoms with Crippen LogP contribution in [0.15, 0.2) is 60.0 Å². The Morgan fingerprint density at radius 1 is 1.10 bits per heavy atom. The topological polar surface area (TPSA) is 64.5 Å². The van der Waals surface area contributed by atoms with Crippen LogP contribution in [0.2, 0.25) is 0 Å². The molecule has 0 radical (unpaired) electrons. The van der Waals surface area contributed by atoms with Gasteiger partial charge in [-0.15, -0.1) is 11.3 Å². The molecule has 6 nitrogen and oxygen atoms in total. The Bertz CT molecular complexity index is 1200. The highest BCUT2D eigenvalue weighted by atomic mass is 32.1. The van der Waals surface area contributed by atoms with Gasteiger partial charge in [0.1, 0.15) is 0 Å². The number of hydrogen-bond acceptors (Lipinski definition) is 4. The van der Waals surface area contributed by atoms with Gasteiger partial charge in [0.2, 0.25) is 6.79 Å². The van der Waals surface area contributed by atoms with E-state index in [2.05, 4.69) is 45.8 Å². The summed E-state index contributed by atoms with van der Waals surface area (Å²) in [5, 5.41) is 9.06. The van der Waals surface area contributed by atoms with Crippen LogP contribution in [0.3, 0.4) is 0 Å². The van der Waals surface area contributed by atoms with E-state index in [4.69, 9.17) is 9.47 Å². The molecular formula is C22H19N3O3S. The van der Waals surface area contributed by atoms with Crippen molar-refractivity contribution < 1.29 is 14.3 Å². The van der Waals surface area contributed by atoms with Crippen molar-refractivity contribution in [3.8, 4) is 22.1 Å². The van der Waals surface area contributed by atoms with Crippen molar-refractivity contribution in [1.29, 1.82) is 0 Å². The van der Waals surface area contributed by atoms with Crippen molar-refractivity contribution >= 4 is 34.0 Å². The van der Waals surface area contributed by atoms with Crippen LogP contribution in [0.25, 0.3) is 21.5 Å². The average Bonchev–Trinajstić information content (AvgIpc) is 3.46. The summed E-state index contributed by atoms with van der Waals surface area (Å²) in [6, 6.07) is 17.5. The number of ether oxygens (including phenoxy) is 2. The summed E-state index contributed by atoms with van der Waals surface area (Å²) in [7, 11) is 2.06. The summed E-state index contributed by atoms with van der Waals surface area (Å²) >= 11 is 1.69. The summed E-state index contributed by atoms with van der Waals surface area (Å²) in [5.74, 6) is 1.32. The lowest BCUT2D eigenvalue weighted by Gasteiger charge is -2.10. The van der Waals surface area contributed by atoms with Crippen LogP contribution in [0, 0.1) is 0 Å². The summed E-state index contributed by atoms with van der Waals surface area (Å²) in [6.45, 7) is 0.628. The first-order chi connectivity index (χ1) is 14.2. The molecule has 0 atom stereocenters. The van der Waals surface area contributed by atoms with E-state index in [1.54, 1.807) is 29.5 Å². The van der Waals surface area contributed by atoms with Gasteiger partial charge in [0.15, 0.2) is 11.5 Å². The van der Waals surface area contributed by atoms with Crippen LogP contribution >= 0.6 is 11.3 Å². The van der Waals surface area contributed by atoms with Crippen LogP contribution in [0.4, 0.5) is 10.5 Å². The molecule has 0 saturated carbocycles. The second-order valence-electron chi connectivity index (χ2n) is 6.76. The number of amides is 2. The van der Waals surface area contributed by atoms with E-state index in [9.17, 15) is 4.79 Å². The highest BCUT2D eigenvalue weighted by Gasteiger charge is 2.18. The molecule has 1 aliphatic heterocycles. The van der Waals surface area contributed by atoms with Crippen LogP contribution in [-0.2, 0) is 13.6 Å². The van der Waals surface area contributed by atoms with E-state index in [-0.39, 0.29) is 12.8 Å². The van der Waals surface area contributed by atoms with Gasteiger partial charge in [-0.05, 0) is 29.6 Å². The van der Waals surface area contributed by atoms with Gasteiger partial charge in [0.25, 0.3) is 0 Å². The minimum atomic E-state index is -0.270. The number of aryl methyl sites for hydroxylation is 1. The van der Waals surface area contributed by atoms with Crippen molar-refractivity contribution in [1.82, 2.24) is 9.88 Å². The summed E-state index contributed by atoms with van der Waals surface area (Å²) in [4.78, 5) is 13.7. The molecule has 3 heterocycles. The number of urea groups is 1. The number of para-hydroxylation sites is 1. The Kier molecular flexibility index (Phi) is 4.37. The van der Waals surface area contributed by atoms with Crippen molar-refractivity contribution in [3.63, 3.8) is 0 Å². The van der Waals surface area contributed by atoms with Crippen molar-refractivity contribution in [2.45, 2.75) is 6.54 Å². The highest BCUT2D eigenvalue weighted by Crippen LogP contribution is 2.36. The van der Waals surface area contributed by atoms with Gasteiger partial charge in [-0.25, -0.2) is 4.79 Å². The van der Waals surface area contributed by atoms with E-state index >= 15 is 0 Å². The number of thiophene rings is 1. The first-order valence-electron chi connectivity index (χ1n) is 9.25. The summed E-state index contributed by atoms with van der Waals surface area (Å²) < 4.78 is 12.9. The number of rotatable bonds is 4. The number of nitrogens with one attached hydrogen (secondary N) is 2. The fraction of sp³-hybridized carbons (Fsp3) is 0.136. The molecule has 0 unspecified atom stereocenters. The lowest BCUT2D eigenvalue weighted by Crippen LogP contribution is -2.28. The normalized spacial score (nSPS) is 12.3. The zero-order chi connectivity index (χ0) is 19.8. The molecule has 2 amide bonds. The third-order valence-electron chi connectivity index (χ3n) is 5.02. The second-order valence-corrected chi connectivity index (χ2v) is 7.70. The smallest absolute Gasteiger partial charge is 0.319 e. The molecule has 0 aliphatic carbocycles. The first kappa shape index (κ1) is 17.6. The van der Waals surface area contributed by atoms with E-state index in [1.165, 1.54) is 4.88 Å². The minimum absolute atomic E-state index is 0.206. The van der Waals surface area contributed by atoms with Gasteiger partial charge in [0, 0.05) is 41.8 Å². The molecule has 0 bridgehead atoms. The molecule has 2 aromatic carbocycles. The van der Waals surface area contributed by atoms with Gasteiger partial charge in [-0.2, -0.15) is 0 Å². The van der Waals surface area contributed by atoms with Gasteiger partial charge >= 0.3 is 6.03 Å². The van der Waals surface area contributed by atoms with Crippen LogP contribution in [0.1, 0.15) is 5.56 Å². The van der Waals surface area contributed by atoms with Crippen LogP contribution < -0.4 is 20.1 Å². The quantitative estimate of drug-likeness (QED) is 0.505. The lowest BCUT2D eigenvalue weighted by molar-refractivity contribution is 0.174. The zero-order valence-electron chi connectivity index (χ0n) is 15.8. The van der Waals surface area contributed by atoms with Crippen LogP contribution in [-0.4, -0.2) is 17.4 Å². The largest absolute Gasteiger partial charge is 0.454 e. The third-order valence-corrected chi connectivity index (χ3v) is 5.90. The first-order valence-corrected chi connectivity index (χ1v) is 10.1. The Morgan fingerprint density at radius 2 is 1.97 bits per heavy atom. The van der Waals surface area contributed by atoms with Gasteiger partial charge < -0.3 is 24.7 Å². The zero-order valence-corrected chi connectivity index (χ0v) is 16.6. The maximum atomic E-state index is 12.5. The fourth-order valence-corrected chi connectivity index (χ4v) is 4.53. The van der Waals surface area contributed by atoms with E-state index in [0.717, 1.165) is 22.2 Å². The molecule has 0 saturated heterocycles. The maximum Gasteiger partial charge on any atom is 0.319 e. The van der Waals surface area contributed by atoms with Crippen molar-refractivity contribution in [2.24, 2.45) is 7.05 Å². The Balaban J connectivity index is 1.39. The predicted molar refractivity (Wildman–Crippen MR) is 115 cm³/mol. The number of nitrogens with zero attached hydrogens (tertiary/aromatic N) is 1. The number of benzene rings is 2. The van der Waals surface area contributed by atoms with Crippen LogP contribution in [0.5, 0.6) is 11.5 Å². The van der Waals surface area contributed by atoms with Gasteiger partial charge in [-0.1, -0.05) is 24.3 Å². The number of carbonyl (C=O) groups excluding carboxylic acids is 1. The van der Waals surface area contributed by atoms with Crippen molar-refractivity contribution in [3.05, 3.63) is 65.5 Å². The Labute approximate surface area is 171 Å². The maximum absolute atomic E-state index is 12.5. The lowest BCUT2D eigenvalue weighted by atomic mass is 10.1. The van der Waals surface area contributed by atoms with E-state index in [0.29, 0.717) is 23.7 Å².